The third kappa shape index (κ3) is 3.43. The predicted octanol–water partition coefficient (Wildman–Crippen LogP) is 2.59. The number of rotatable bonds is 3. The highest BCUT2D eigenvalue weighted by atomic mass is 35.5. The van der Waals surface area contributed by atoms with Gasteiger partial charge >= 0.3 is 0 Å². The van der Waals surface area contributed by atoms with Gasteiger partial charge in [-0.25, -0.2) is 9.97 Å². The molecule has 1 aromatic carbocycles. The topological polar surface area (TPSA) is 70.4 Å². The minimum Gasteiger partial charge on any atom is -0.508 e. The third-order valence-corrected chi connectivity index (χ3v) is 2.29. The molecular formula is C12H11ClN4O. The number of hydrogen-bond donors (Lipinski definition) is 2. The molecule has 0 radical (unpaired) electrons. The molecule has 0 fully saturated rings. The Bertz CT molecular complexity index is 549. The quantitative estimate of drug-likeness (QED) is 0.507. The number of aromatic nitrogens is 2. The van der Waals surface area contributed by atoms with E-state index in [0.29, 0.717) is 16.8 Å². The maximum atomic E-state index is 9.13. The number of nitrogens with zero attached hydrogens (tertiary/aromatic N) is 3. The number of aromatic hydroxyl groups is 1. The molecule has 6 heteroatoms. The van der Waals surface area contributed by atoms with Crippen LogP contribution in [-0.2, 0) is 0 Å². The van der Waals surface area contributed by atoms with Crippen molar-refractivity contribution in [2.75, 3.05) is 5.43 Å². The van der Waals surface area contributed by atoms with Gasteiger partial charge in [0.2, 0.25) is 0 Å². The van der Waals surface area contributed by atoms with Crippen LogP contribution in [0.1, 0.15) is 11.4 Å². The SMILES string of the molecule is Cc1nc(Cl)cc(NN=Cc2ccc(O)cc2)n1. The summed E-state index contributed by atoms with van der Waals surface area (Å²) in [6.45, 7) is 1.75. The number of phenols is 1. The van der Waals surface area contributed by atoms with Crippen LogP contribution in [0.25, 0.3) is 0 Å². The Morgan fingerprint density at radius 3 is 2.67 bits per heavy atom. The van der Waals surface area contributed by atoms with Crippen molar-refractivity contribution in [2.24, 2.45) is 5.10 Å². The van der Waals surface area contributed by atoms with Gasteiger partial charge in [-0.15, -0.1) is 0 Å². The Balaban J connectivity index is 2.04. The Morgan fingerprint density at radius 1 is 1.28 bits per heavy atom. The van der Waals surface area contributed by atoms with Crippen molar-refractivity contribution in [3.8, 4) is 5.75 Å². The number of benzene rings is 1. The lowest BCUT2D eigenvalue weighted by Crippen LogP contribution is -1.97. The molecule has 0 atom stereocenters. The van der Waals surface area contributed by atoms with E-state index in [0.717, 1.165) is 5.56 Å². The third-order valence-electron chi connectivity index (χ3n) is 2.09. The summed E-state index contributed by atoms with van der Waals surface area (Å²) < 4.78 is 0. The van der Waals surface area contributed by atoms with Gasteiger partial charge in [-0.2, -0.15) is 5.10 Å². The zero-order valence-corrected chi connectivity index (χ0v) is 10.4. The van der Waals surface area contributed by atoms with E-state index in [1.165, 1.54) is 0 Å². The van der Waals surface area contributed by atoms with Gasteiger partial charge in [-0.3, -0.25) is 5.43 Å². The van der Waals surface area contributed by atoms with E-state index in [-0.39, 0.29) is 5.75 Å². The molecule has 92 valence electrons. The molecule has 18 heavy (non-hydrogen) atoms. The summed E-state index contributed by atoms with van der Waals surface area (Å²) in [6.07, 6.45) is 1.62. The first kappa shape index (κ1) is 12.3. The number of phenolic OH excluding ortho intramolecular Hbond substituents is 1. The van der Waals surface area contributed by atoms with Gasteiger partial charge < -0.3 is 5.11 Å². The lowest BCUT2D eigenvalue weighted by atomic mass is 10.2. The molecule has 0 aliphatic heterocycles. The Kier molecular flexibility index (Phi) is 3.74. The summed E-state index contributed by atoms with van der Waals surface area (Å²) in [5.74, 6) is 1.32. The number of anilines is 1. The minimum atomic E-state index is 0.221. The van der Waals surface area contributed by atoms with Crippen LogP contribution in [0.5, 0.6) is 5.75 Å². The van der Waals surface area contributed by atoms with Crippen molar-refractivity contribution >= 4 is 23.6 Å². The van der Waals surface area contributed by atoms with Gasteiger partial charge in [-0.05, 0) is 36.8 Å². The van der Waals surface area contributed by atoms with Crippen molar-refractivity contribution in [3.05, 3.63) is 46.9 Å². The highest BCUT2D eigenvalue weighted by Gasteiger charge is 1.97. The summed E-state index contributed by atoms with van der Waals surface area (Å²) >= 11 is 5.79. The predicted molar refractivity (Wildman–Crippen MR) is 71.1 cm³/mol. The largest absolute Gasteiger partial charge is 0.508 e. The molecule has 0 spiro atoms. The van der Waals surface area contributed by atoms with Crippen molar-refractivity contribution < 1.29 is 5.11 Å². The fraction of sp³-hybridized carbons (Fsp3) is 0.0833. The van der Waals surface area contributed by atoms with Crippen LogP contribution in [0.3, 0.4) is 0 Å². The molecule has 2 rings (SSSR count). The Labute approximate surface area is 109 Å². The molecule has 0 aliphatic rings. The van der Waals surface area contributed by atoms with E-state index in [2.05, 4.69) is 20.5 Å². The molecule has 1 aromatic heterocycles. The number of aryl methyl sites for hydroxylation is 1. The van der Waals surface area contributed by atoms with Crippen LogP contribution in [-0.4, -0.2) is 21.3 Å². The number of hydrazone groups is 1. The lowest BCUT2D eigenvalue weighted by Gasteiger charge is -2.00. The molecule has 0 bridgehead atoms. The second-order valence-electron chi connectivity index (χ2n) is 3.58. The number of hydrogen-bond acceptors (Lipinski definition) is 5. The van der Waals surface area contributed by atoms with Crippen molar-refractivity contribution in [3.63, 3.8) is 0 Å². The second kappa shape index (κ2) is 5.46. The van der Waals surface area contributed by atoms with E-state index in [9.17, 15) is 0 Å². The lowest BCUT2D eigenvalue weighted by molar-refractivity contribution is 0.475. The average molecular weight is 263 g/mol. The van der Waals surface area contributed by atoms with Crippen LogP contribution in [0.2, 0.25) is 5.15 Å². The van der Waals surface area contributed by atoms with Gasteiger partial charge in [0.1, 0.15) is 16.7 Å². The van der Waals surface area contributed by atoms with Crippen molar-refractivity contribution in [1.29, 1.82) is 0 Å². The van der Waals surface area contributed by atoms with E-state index in [1.54, 1.807) is 43.5 Å². The first-order valence-corrected chi connectivity index (χ1v) is 5.60. The fourth-order valence-electron chi connectivity index (χ4n) is 1.32. The molecule has 0 aliphatic carbocycles. The molecule has 2 N–H and O–H groups in total. The summed E-state index contributed by atoms with van der Waals surface area (Å²) in [5.41, 5.74) is 3.62. The average Bonchev–Trinajstić information content (AvgIpc) is 2.30. The minimum absolute atomic E-state index is 0.221. The van der Waals surface area contributed by atoms with Gasteiger partial charge in [-0.1, -0.05) is 11.6 Å². The summed E-state index contributed by atoms with van der Waals surface area (Å²) in [5, 5.41) is 13.5. The molecule has 1 heterocycles. The fourth-order valence-corrected chi connectivity index (χ4v) is 1.55. The number of nitrogens with one attached hydrogen (secondary N) is 1. The zero-order chi connectivity index (χ0) is 13.0. The first-order valence-electron chi connectivity index (χ1n) is 5.23. The summed E-state index contributed by atoms with van der Waals surface area (Å²) in [4.78, 5) is 8.06. The van der Waals surface area contributed by atoms with Crippen LogP contribution in [0.15, 0.2) is 35.4 Å². The zero-order valence-electron chi connectivity index (χ0n) is 9.63. The van der Waals surface area contributed by atoms with Crippen molar-refractivity contribution in [2.45, 2.75) is 6.92 Å². The summed E-state index contributed by atoms with van der Waals surface area (Å²) in [6, 6.07) is 8.26. The highest BCUT2D eigenvalue weighted by molar-refractivity contribution is 6.29. The van der Waals surface area contributed by atoms with Gasteiger partial charge in [0, 0.05) is 6.07 Å². The van der Waals surface area contributed by atoms with Gasteiger partial charge in [0.25, 0.3) is 0 Å². The number of halogens is 1. The maximum absolute atomic E-state index is 9.13. The van der Waals surface area contributed by atoms with Gasteiger partial charge in [0.15, 0.2) is 5.82 Å². The maximum Gasteiger partial charge on any atom is 0.151 e. The standard InChI is InChI=1S/C12H11ClN4O/c1-8-15-11(13)6-12(16-8)17-14-7-9-2-4-10(18)5-3-9/h2-7,18H,1H3,(H,15,16,17). The molecule has 5 nitrogen and oxygen atoms in total. The molecule has 0 saturated carbocycles. The first-order chi connectivity index (χ1) is 8.63. The smallest absolute Gasteiger partial charge is 0.151 e. The van der Waals surface area contributed by atoms with Gasteiger partial charge in [0.05, 0.1) is 6.21 Å². The van der Waals surface area contributed by atoms with E-state index in [4.69, 9.17) is 16.7 Å². The highest BCUT2D eigenvalue weighted by Crippen LogP contribution is 2.11. The van der Waals surface area contributed by atoms with E-state index in [1.807, 2.05) is 0 Å². The Hall–Kier alpha value is -2.14. The van der Waals surface area contributed by atoms with Crippen LogP contribution in [0, 0.1) is 6.92 Å². The monoisotopic (exact) mass is 262 g/mol. The normalized spacial score (nSPS) is 10.8. The molecule has 0 unspecified atom stereocenters. The molecule has 0 amide bonds. The molecular weight excluding hydrogens is 252 g/mol. The van der Waals surface area contributed by atoms with Crippen LogP contribution >= 0.6 is 11.6 Å². The molecule has 2 aromatic rings. The summed E-state index contributed by atoms with van der Waals surface area (Å²) in [7, 11) is 0. The van der Waals surface area contributed by atoms with E-state index < -0.39 is 0 Å². The van der Waals surface area contributed by atoms with Crippen molar-refractivity contribution in [1.82, 2.24) is 9.97 Å². The molecule has 0 saturated heterocycles. The Morgan fingerprint density at radius 2 is 2.00 bits per heavy atom. The van der Waals surface area contributed by atoms with Crippen LogP contribution < -0.4 is 5.43 Å². The second-order valence-corrected chi connectivity index (χ2v) is 3.97. The van der Waals surface area contributed by atoms with Crippen LogP contribution in [0.4, 0.5) is 5.82 Å². The van der Waals surface area contributed by atoms with E-state index >= 15 is 0 Å².